The summed E-state index contributed by atoms with van der Waals surface area (Å²) in [4.78, 5) is 1.26. The molecule has 3 heteroatoms. The molecule has 2 rings (SSSR count). The smallest absolute Gasteiger partial charge is 0.0590 e. The van der Waals surface area contributed by atoms with Gasteiger partial charge in [-0.2, -0.15) is 0 Å². The molecule has 1 N–H and O–H groups in total. The standard InChI is InChI=1S/C17H22ClNS/c1-4-9-19-15(17-16(18)13(3)11-20-17)10-14-7-5-12(2)6-8-14/h5-8,11,15,19H,4,9-10H2,1-3H3. The third kappa shape index (κ3) is 3.85. The van der Waals surface area contributed by atoms with Crippen molar-refractivity contribution in [1.29, 1.82) is 0 Å². The summed E-state index contributed by atoms with van der Waals surface area (Å²) in [7, 11) is 0. The summed E-state index contributed by atoms with van der Waals surface area (Å²) in [6, 6.07) is 9.08. The predicted molar refractivity (Wildman–Crippen MR) is 90.0 cm³/mol. The van der Waals surface area contributed by atoms with E-state index in [1.165, 1.54) is 21.6 Å². The largest absolute Gasteiger partial charge is 0.309 e. The Bertz CT molecular complexity index is 545. The van der Waals surface area contributed by atoms with E-state index >= 15 is 0 Å². The summed E-state index contributed by atoms with van der Waals surface area (Å²) in [6.45, 7) is 7.40. The maximum absolute atomic E-state index is 6.44. The van der Waals surface area contributed by atoms with Crippen molar-refractivity contribution in [1.82, 2.24) is 5.32 Å². The van der Waals surface area contributed by atoms with Gasteiger partial charge in [0.2, 0.25) is 0 Å². The van der Waals surface area contributed by atoms with Crippen molar-refractivity contribution >= 4 is 22.9 Å². The van der Waals surface area contributed by atoms with Gasteiger partial charge >= 0.3 is 0 Å². The summed E-state index contributed by atoms with van der Waals surface area (Å²) >= 11 is 8.21. The van der Waals surface area contributed by atoms with Crippen LogP contribution in [0.1, 0.15) is 41.0 Å². The molecule has 0 aliphatic rings. The van der Waals surface area contributed by atoms with Crippen molar-refractivity contribution in [2.24, 2.45) is 0 Å². The first-order valence-corrected chi connectivity index (χ1v) is 8.40. The molecule has 1 heterocycles. The molecule has 0 bridgehead atoms. The Morgan fingerprint density at radius 2 is 1.90 bits per heavy atom. The van der Waals surface area contributed by atoms with Crippen LogP contribution in [0.2, 0.25) is 5.02 Å². The van der Waals surface area contributed by atoms with E-state index in [-0.39, 0.29) is 0 Å². The molecule has 0 saturated heterocycles. The first kappa shape index (κ1) is 15.6. The molecule has 20 heavy (non-hydrogen) atoms. The molecule has 1 atom stereocenters. The van der Waals surface area contributed by atoms with Crippen LogP contribution in [0.3, 0.4) is 0 Å². The van der Waals surface area contributed by atoms with Crippen molar-refractivity contribution in [3.05, 3.63) is 56.2 Å². The lowest BCUT2D eigenvalue weighted by atomic mass is 10.0. The number of hydrogen-bond acceptors (Lipinski definition) is 2. The van der Waals surface area contributed by atoms with Gasteiger partial charge < -0.3 is 5.32 Å². The molecule has 0 aliphatic carbocycles. The van der Waals surface area contributed by atoms with Crippen LogP contribution in [0.5, 0.6) is 0 Å². The van der Waals surface area contributed by atoms with E-state index in [9.17, 15) is 0 Å². The van der Waals surface area contributed by atoms with Gasteiger partial charge in [0.05, 0.1) is 5.02 Å². The van der Waals surface area contributed by atoms with E-state index in [1.807, 2.05) is 0 Å². The maximum atomic E-state index is 6.44. The second kappa shape index (κ2) is 7.26. The van der Waals surface area contributed by atoms with E-state index < -0.39 is 0 Å². The highest BCUT2D eigenvalue weighted by Gasteiger charge is 2.18. The van der Waals surface area contributed by atoms with Crippen molar-refractivity contribution < 1.29 is 0 Å². The number of benzene rings is 1. The Hall–Kier alpha value is -0.830. The van der Waals surface area contributed by atoms with E-state index in [2.05, 4.69) is 55.7 Å². The molecular weight excluding hydrogens is 286 g/mol. The van der Waals surface area contributed by atoms with Gasteiger partial charge in [-0.05, 0) is 49.7 Å². The highest BCUT2D eigenvalue weighted by Crippen LogP contribution is 2.34. The molecule has 1 aromatic heterocycles. The molecular formula is C17H22ClNS. The summed E-state index contributed by atoms with van der Waals surface area (Å²) in [5.41, 5.74) is 3.84. The van der Waals surface area contributed by atoms with Gasteiger partial charge in [0.1, 0.15) is 0 Å². The average molecular weight is 308 g/mol. The monoisotopic (exact) mass is 307 g/mol. The Kier molecular flexibility index (Phi) is 5.64. The number of rotatable bonds is 6. The van der Waals surface area contributed by atoms with Gasteiger partial charge in [0, 0.05) is 10.9 Å². The van der Waals surface area contributed by atoms with Crippen LogP contribution < -0.4 is 5.32 Å². The Balaban J connectivity index is 2.19. The lowest BCUT2D eigenvalue weighted by molar-refractivity contribution is 0.536. The van der Waals surface area contributed by atoms with Crippen LogP contribution in [0.4, 0.5) is 0 Å². The summed E-state index contributed by atoms with van der Waals surface area (Å²) < 4.78 is 0. The third-order valence-corrected chi connectivity index (χ3v) is 5.27. The van der Waals surface area contributed by atoms with Gasteiger partial charge in [-0.3, -0.25) is 0 Å². The zero-order chi connectivity index (χ0) is 14.5. The van der Waals surface area contributed by atoms with E-state index in [1.54, 1.807) is 11.3 Å². The number of nitrogens with one attached hydrogen (secondary N) is 1. The summed E-state index contributed by atoms with van der Waals surface area (Å²) in [5, 5.41) is 6.70. The minimum Gasteiger partial charge on any atom is -0.309 e. The summed E-state index contributed by atoms with van der Waals surface area (Å²) in [6.07, 6.45) is 2.12. The fourth-order valence-corrected chi connectivity index (χ4v) is 3.62. The molecule has 0 spiro atoms. The van der Waals surface area contributed by atoms with Crippen molar-refractivity contribution in [2.45, 2.75) is 39.7 Å². The molecule has 1 aromatic carbocycles. The fraction of sp³-hybridized carbons (Fsp3) is 0.412. The van der Waals surface area contributed by atoms with E-state index in [0.717, 1.165) is 24.4 Å². The lowest BCUT2D eigenvalue weighted by Crippen LogP contribution is -2.23. The van der Waals surface area contributed by atoms with Crippen LogP contribution in [0.15, 0.2) is 29.6 Å². The van der Waals surface area contributed by atoms with Crippen LogP contribution in [0.25, 0.3) is 0 Å². The normalized spacial score (nSPS) is 12.6. The average Bonchev–Trinajstić information content (AvgIpc) is 2.77. The minimum atomic E-state index is 0.309. The highest BCUT2D eigenvalue weighted by molar-refractivity contribution is 7.10. The predicted octanol–water partition coefficient (Wildman–Crippen LogP) is 5.30. The van der Waals surface area contributed by atoms with Gasteiger partial charge in [-0.15, -0.1) is 11.3 Å². The van der Waals surface area contributed by atoms with Gasteiger partial charge in [0.15, 0.2) is 0 Å². The Morgan fingerprint density at radius 3 is 2.45 bits per heavy atom. The first-order valence-electron chi connectivity index (χ1n) is 7.14. The molecule has 0 amide bonds. The maximum Gasteiger partial charge on any atom is 0.0590 e. The van der Waals surface area contributed by atoms with Crippen molar-refractivity contribution in [3.63, 3.8) is 0 Å². The molecule has 108 valence electrons. The van der Waals surface area contributed by atoms with E-state index in [0.29, 0.717) is 6.04 Å². The molecule has 2 aromatic rings. The molecule has 1 nitrogen and oxygen atoms in total. The summed E-state index contributed by atoms with van der Waals surface area (Å²) in [5.74, 6) is 0. The number of aryl methyl sites for hydroxylation is 2. The molecule has 0 saturated carbocycles. The van der Waals surface area contributed by atoms with Gasteiger partial charge in [0.25, 0.3) is 0 Å². The van der Waals surface area contributed by atoms with Crippen LogP contribution in [0, 0.1) is 13.8 Å². The van der Waals surface area contributed by atoms with Crippen LogP contribution >= 0.6 is 22.9 Å². The highest BCUT2D eigenvalue weighted by atomic mass is 35.5. The second-order valence-corrected chi connectivity index (χ2v) is 6.58. The Labute approximate surface area is 131 Å². The van der Waals surface area contributed by atoms with Crippen molar-refractivity contribution in [2.75, 3.05) is 6.54 Å². The second-order valence-electron chi connectivity index (χ2n) is 5.29. The van der Waals surface area contributed by atoms with Crippen molar-refractivity contribution in [3.8, 4) is 0 Å². The van der Waals surface area contributed by atoms with E-state index in [4.69, 9.17) is 11.6 Å². The Morgan fingerprint density at radius 1 is 1.20 bits per heavy atom. The molecule has 1 unspecified atom stereocenters. The molecule has 0 fully saturated rings. The quantitative estimate of drug-likeness (QED) is 0.763. The third-order valence-electron chi connectivity index (χ3n) is 3.44. The van der Waals surface area contributed by atoms with Gasteiger partial charge in [-0.1, -0.05) is 48.4 Å². The molecule has 0 aliphatic heterocycles. The number of thiophene rings is 1. The molecule has 0 radical (unpaired) electrons. The van der Waals surface area contributed by atoms with Crippen LogP contribution in [-0.2, 0) is 6.42 Å². The zero-order valence-electron chi connectivity index (χ0n) is 12.4. The minimum absolute atomic E-state index is 0.309. The SMILES string of the molecule is CCCNC(Cc1ccc(C)cc1)c1scc(C)c1Cl. The zero-order valence-corrected chi connectivity index (χ0v) is 13.9. The fourth-order valence-electron chi connectivity index (χ4n) is 2.22. The number of halogens is 1. The van der Waals surface area contributed by atoms with Crippen LogP contribution in [-0.4, -0.2) is 6.54 Å². The lowest BCUT2D eigenvalue weighted by Gasteiger charge is -2.18. The first-order chi connectivity index (χ1) is 9.61. The number of hydrogen-bond donors (Lipinski definition) is 1. The topological polar surface area (TPSA) is 12.0 Å². The van der Waals surface area contributed by atoms with Gasteiger partial charge in [-0.25, -0.2) is 0 Å².